The van der Waals surface area contributed by atoms with E-state index >= 15 is 0 Å². The molecule has 3 aromatic rings. The number of anilines is 2. The highest BCUT2D eigenvalue weighted by atomic mass is 19.1. The first kappa shape index (κ1) is 16.5. The minimum Gasteiger partial charge on any atom is -0.391 e. The third kappa shape index (κ3) is 2.52. The molecule has 1 aliphatic heterocycles. The van der Waals surface area contributed by atoms with E-state index in [4.69, 9.17) is 0 Å². The van der Waals surface area contributed by atoms with Crippen molar-refractivity contribution in [3.05, 3.63) is 58.3 Å². The number of halogens is 1. The van der Waals surface area contributed by atoms with Crippen molar-refractivity contribution in [1.82, 2.24) is 14.1 Å². The maximum atomic E-state index is 14.5. The van der Waals surface area contributed by atoms with Gasteiger partial charge in [-0.05, 0) is 24.3 Å². The van der Waals surface area contributed by atoms with E-state index in [9.17, 15) is 14.3 Å². The molecule has 0 saturated carbocycles. The van der Waals surface area contributed by atoms with Crippen LogP contribution in [0, 0.1) is 5.92 Å². The van der Waals surface area contributed by atoms with Crippen LogP contribution in [0.3, 0.4) is 0 Å². The maximum Gasteiger partial charge on any atom is 0.265 e. The quantitative estimate of drug-likeness (QED) is 0.758. The number of alkyl halides is 1. The zero-order chi connectivity index (χ0) is 18.4. The van der Waals surface area contributed by atoms with Crippen molar-refractivity contribution in [1.29, 1.82) is 0 Å². The van der Waals surface area contributed by atoms with Crippen LogP contribution >= 0.6 is 0 Å². The molecule has 3 heterocycles. The summed E-state index contributed by atoms with van der Waals surface area (Å²) in [7, 11) is 1.96. The molecule has 2 unspecified atom stereocenters. The van der Waals surface area contributed by atoms with E-state index in [0.717, 1.165) is 10.9 Å². The summed E-state index contributed by atoms with van der Waals surface area (Å²) in [4.78, 5) is 16.9. The summed E-state index contributed by atoms with van der Waals surface area (Å²) in [6, 6.07) is 7.71. The Morgan fingerprint density at radius 3 is 2.92 bits per heavy atom. The molecule has 0 aliphatic carbocycles. The molecule has 4 rings (SSSR count). The van der Waals surface area contributed by atoms with Crippen LogP contribution < -0.4 is 10.9 Å². The zero-order valence-corrected chi connectivity index (χ0v) is 14.5. The first-order valence-corrected chi connectivity index (χ1v) is 8.40. The molecular weight excluding hydrogens is 335 g/mol. The van der Waals surface area contributed by atoms with Gasteiger partial charge in [-0.15, -0.1) is 0 Å². The van der Waals surface area contributed by atoms with E-state index in [1.54, 1.807) is 13.0 Å². The lowest BCUT2D eigenvalue weighted by molar-refractivity contribution is 0.255. The summed E-state index contributed by atoms with van der Waals surface area (Å²) in [5.74, 6) is -0.134. The van der Waals surface area contributed by atoms with Crippen molar-refractivity contribution in [2.24, 2.45) is 13.0 Å². The molecule has 2 atom stereocenters. The van der Waals surface area contributed by atoms with Gasteiger partial charge in [0.2, 0.25) is 0 Å². The third-order valence-corrected chi connectivity index (χ3v) is 4.79. The fraction of sp³-hybridized carbons (Fsp3) is 0.263. The van der Waals surface area contributed by atoms with Crippen LogP contribution in [0.2, 0.25) is 0 Å². The Balaban J connectivity index is 1.81. The van der Waals surface area contributed by atoms with Gasteiger partial charge in [0.25, 0.3) is 5.56 Å². The van der Waals surface area contributed by atoms with Gasteiger partial charge >= 0.3 is 0 Å². The lowest BCUT2D eigenvalue weighted by atomic mass is 10.0. The number of hydrogen-bond donors (Lipinski definition) is 2. The Kier molecular flexibility index (Phi) is 3.88. The van der Waals surface area contributed by atoms with Crippen molar-refractivity contribution in [3.63, 3.8) is 0 Å². The number of nitrogens with one attached hydrogen (secondary N) is 1. The molecule has 6 nitrogen and oxygen atoms in total. The molecule has 0 saturated heterocycles. The molecule has 134 valence electrons. The number of fused-ring (bicyclic) bond motifs is 2. The summed E-state index contributed by atoms with van der Waals surface area (Å²) in [5.41, 5.74) is 1.42. The van der Waals surface area contributed by atoms with Gasteiger partial charge in [-0.1, -0.05) is 13.0 Å². The molecule has 1 aliphatic rings. The lowest BCUT2D eigenvalue weighted by Crippen LogP contribution is -2.30. The monoisotopic (exact) mass is 354 g/mol. The minimum absolute atomic E-state index is 0.0467. The minimum atomic E-state index is -1.38. The molecule has 0 bridgehead atoms. The molecule has 2 N–H and O–H groups in total. The van der Waals surface area contributed by atoms with E-state index in [1.165, 1.54) is 10.8 Å². The van der Waals surface area contributed by atoms with Crippen LogP contribution in [0.1, 0.15) is 24.5 Å². The van der Waals surface area contributed by atoms with Crippen LogP contribution in [-0.2, 0) is 13.7 Å². The summed E-state index contributed by atoms with van der Waals surface area (Å²) < 4.78 is 17.7. The molecule has 0 spiro atoms. The number of aliphatic hydroxyl groups is 1. The average molecular weight is 354 g/mol. The summed E-state index contributed by atoms with van der Waals surface area (Å²) in [6.45, 7) is 1.25. The SMILES string of the molecule is CC1C=Cn2c(nc(Nc3ccc4c(ccn4C)c3)c(CO)c2=O)C1F. The van der Waals surface area contributed by atoms with Gasteiger partial charge in [-0.25, -0.2) is 9.37 Å². The highest BCUT2D eigenvalue weighted by Gasteiger charge is 2.28. The Labute approximate surface area is 149 Å². The second-order valence-corrected chi connectivity index (χ2v) is 6.56. The Morgan fingerprint density at radius 2 is 2.15 bits per heavy atom. The number of benzene rings is 1. The number of aromatic nitrogens is 3. The van der Waals surface area contributed by atoms with Gasteiger partial charge < -0.3 is 15.0 Å². The second-order valence-electron chi connectivity index (χ2n) is 6.56. The predicted molar refractivity (Wildman–Crippen MR) is 99.0 cm³/mol. The molecule has 0 radical (unpaired) electrons. The molecule has 7 heteroatoms. The second kappa shape index (κ2) is 6.10. The van der Waals surface area contributed by atoms with Crippen molar-refractivity contribution >= 4 is 28.6 Å². The molecule has 1 aromatic carbocycles. The van der Waals surface area contributed by atoms with Gasteiger partial charge in [-0.3, -0.25) is 9.36 Å². The van der Waals surface area contributed by atoms with Crippen molar-refractivity contribution in [3.8, 4) is 0 Å². The van der Waals surface area contributed by atoms with Gasteiger partial charge in [0.05, 0.1) is 12.2 Å². The van der Waals surface area contributed by atoms with Crippen molar-refractivity contribution < 1.29 is 9.50 Å². The summed E-state index contributed by atoms with van der Waals surface area (Å²) in [5, 5.41) is 13.7. The highest BCUT2D eigenvalue weighted by molar-refractivity contribution is 5.84. The fourth-order valence-electron chi connectivity index (χ4n) is 3.22. The van der Waals surface area contributed by atoms with Gasteiger partial charge in [0.15, 0.2) is 12.0 Å². The average Bonchev–Trinajstić information content (AvgIpc) is 2.99. The first-order chi connectivity index (χ1) is 12.5. The Hall–Kier alpha value is -2.93. The molecular formula is C19H19FN4O2. The standard InChI is InChI=1S/C19H19FN4O2/c1-11-5-8-24-18(16(11)20)22-17(14(10-25)19(24)26)21-13-3-4-15-12(9-13)6-7-23(15)2/h3-9,11,16,21,25H,10H2,1-2H3. The number of hydrogen-bond acceptors (Lipinski definition) is 4. The van der Waals surface area contributed by atoms with Crippen molar-refractivity contribution in [2.45, 2.75) is 19.7 Å². The van der Waals surface area contributed by atoms with Gasteiger partial charge in [0, 0.05) is 42.0 Å². The van der Waals surface area contributed by atoms with Gasteiger partial charge in [0.1, 0.15) is 5.82 Å². The van der Waals surface area contributed by atoms with Crippen LogP contribution in [-0.4, -0.2) is 19.2 Å². The normalized spacial score (nSPS) is 18.9. The topological polar surface area (TPSA) is 72.1 Å². The largest absolute Gasteiger partial charge is 0.391 e. The van der Waals surface area contributed by atoms with Crippen LogP contribution in [0.25, 0.3) is 17.1 Å². The van der Waals surface area contributed by atoms with E-state index in [0.29, 0.717) is 5.69 Å². The van der Waals surface area contributed by atoms with E-state index < -0.39 is 18.3 Å². The summed E-state index contributed by atoms with van der Waals surface area (Å²) in [6.07, 6.45) is 3.72. The number of aliphatic hydroxyl groups excluding tert-OH is 1. The van der Waals surface area contributed by atoms with Crippen LogP contribution in [0.5, 0.6) is 0 Å². The number of nitrogens with zero attached hydrogens (tertiary/aromatic N) is 3. The highest BCUT2D eigenvalue weighted by Crippen LogP contribution is 2.31. The number of rotatable bonds is 3. The zero-order valence-electron chi connectivity index (χ0n) is 14.5. The summed E-state index contributed by atoms with van der Waals surface area (Å²) >= 11 is 0. The van der Waals surface area contributed by atoms with Crippen LogP contribution in [0.15, 0.2) is 41.3 Å². The molecule has 0 amide bonds. The molecule has 26 heavy (non-hydrogen) atoms. The Morgan fingerprint density at radius 1 is 1.35 bits per heavy atom. The maximum absolute atomic E-state index is 14.5. The smallest absolute Gasteiger partial charge is 0.265 e. The number of allylic oxidation sites excluding steroid dienone is 1. The van der Waals surface area contributed by atoms with E-state index in [1.807, 2.05) is 42.1 Å². The Bertz CT molecular complexity index is 1080. The van der Waals surface area contributed by atoms with E-state index in [2.05, 4.69) is 10.3 Å². The first-order valence-electron chi connectivity index (χ1n) is 8.40. The molecule has 0 fully saturated rings. The number of aryl methyl sites for hydroxylation is 1. The third-order valence-electron chi connectivity index (χ3n) is 4.79. The van der Waals surface area contributed by atoms with E-state index in [-0.39, 0.29) is 23.1 Å². The predicted octanol–water partition coefficient (Wildman–Crippen LogP) is 3.10. The lowest BCUT2D eigenvalue weighted by Gasteiger charge is -2.23. The van der Waals surface area contributed by atoms with Gasteiger partial charge in [-0.2, -0.15) is 0 Å². The van der Waals surface area contributed by atoms with Crippen LogP contribution in [0.4, 0.5) is 15.9 Å². The van der Waals surface area contributed by atoms with Crippen molar-refractivity contribution in [2.75, 3.05) is 5.32 Å². The fourth-order valence-corrected chi connectivity index (χ4v) is 3.22. The molecule has 2 aromatic heterocycles.